The van der Waals surface area contributed by atoms with Crippen molar-refractivity contribution in [1.82, 2.24) is 10.6 Å². The Morgan fingerprint density at radius 2 is 1.56 bits per heavy atom. The third kappa shape index (κ3) is 2.20. The number of allylic oxidation sites excluding steroid dienone is 2. The molecule has 5 rings (SSSR count). The SMILES string of the molecule is O=C1NC(=O)C2C1CC=C1C2CC2C(=O)NC(=O)C2C1c1cccc(O)c1. The van der Waals surface area contributed by atoms with Crippen LogP contribution in [0, 0.1) is 29.6 Å². The molecule has 2 aliphatic carbocycles. The van der Waals surface area contributed by atoms with Gasteiger partial charge in [0.1, 0.15) is 5.75 Å². The van der Waals surface area contributed by atoms with E-state index in [0.717, 1.165) is 11.1 Å². The van der Waals surface area contributed by atoms with Gasteiger partial charge in [-0.05, 0) is 36.5 Å². The molecule has 1 aromatic rings. The quantitative estimate of drug-likeness (QED) is 0.498. The average molecular weight is 366 g/mol. The fourth-order valence-corrected chi connectivity index (χ4v) is 5.50. The third-order valence-corrected chi connectivity index (χ3v) is 6.56. The molecule has 0 spiro atoms. The zero-order chi connectivity index (χ0) is 18.9. The molecule has 2 aliphatic heterocycles. The van der Waals surface area contributed by atoms with Gasteiger partial charge >= 0.3 is 0 Å². The summed E-state index contributed by atoms with van der Waals surface area (Å²) in [6.07, 6.45) is 2.78. The first-order chi connectivity index (χ1) is 13.0. The number of imide groups is 2. The Morgan fingerprint density at radius 1 is 0.852 bits per heavy atom. The fourth-order valence-electron chi connectivity index (χ4n) is 5.50. The Labute approximate surface area is 154 Å². The molecule has 6 atom stereocenters. The molecule has 4 aliphatic rings. The first-order valence-corrected chi connectivity index (χ1v) is 9.14. The third-order valence-electron chi connectivity index (χ3n) is 6.56. The van der Waals surface area contributed by atoms with Crippen LogP contribution in [0.15, 0.2) is 35.9 Å². The minimum absolute atomic E-state index is 0.0824. The molecule has 2 heterocycles. The van der Waals surface area contributed by atoms with Crippen molar-refractivity contribution in [3.8, 4) is 5.75 Å². The lowest BCUT2D eigenvalue weighted by molar-refractivity contribution is -0.128. The second-order valence-electron chi connectivity index (χ2n) is 7.83. The van der Waals surface area contributed by atoms with Gasteiger partial charge in [0.25, 0.3) is 0 Å². The van der Waals surface area contributed by atoms with Gasteiger partial charge in [-0.2, -0.15) is 0 Å². The Balaban J connectivity index is 1.66. The Kier molecular flexibility index (Phi) is 3.32. The molecule has 1 aromatic carbocycles. The number of carbonyl (C=O) groups excluding carboxylic acids is 4. The van der Waals surface area contributed by atoms with Crippen LogP contribution in [-0.2, 0) is 19.2 Å². The maximum absolute atomic E-state index is 12.6. The van der Waals surface area contributed by atoms with Crippen LogP contribution in [-0.4, -0.2) is 28.7 Å². The molecule has 2 saturated heterocycles. The first-order valence-electron chi connectivity index (χ1n) is 9.14. The van der Waals surface area contributed by atoms with E-state index in [1.807, 2.05) is 12.1 Å². The molecule has 138 valence electrons. The number of hydrogen-bond acceptors (Lipinski definition) is 5. The van der Waals surface area contributed by atoms with Gasteiger partial charge in [-0.25, -0.2) is 0 Å². The zero-order valence-electron chi connectivity index (χ0n) is 14.3. The standard InChI is InChI=1S/C20H18N2O5/c23-9-3-1-2-8(6-9)14-10-4-5-11-15(19(26)21-17(11)24)12(10)7-13-16(14)20(27)22-18(13)25/h1-4,6,11-16,23H,5,7H2,(H,21,24,26)(H,22,25,27). The number of phenols is 1. The summed E-state index contributed by atoms with van der Waals surface area (Å²) in [4.78, 5) is 49.5. The molecule has 4 amide bonds. The molecule has 7 heteroatoms. The van der Waals surface area contributed by atoms with Crippen molar-refractivity contribution in [2.75, 3.05) is 0 Å². The molecular formula is C20H18N2O5. The molecule has 3 N–H and O–H groups in total. The lowest BCUT2D eigenvalue weighted by Gasteiger charge is -2.44. The maximum Gasteiger partial charge on any atom is 0.231 e. The number of rotatable bonds is 1. The Bertz CT molecular complexity index is 936. The van der Waals surface area contributed by atoms with Crippen LogP contribution in [0.2, 0.25) is 0 Å². The van der Waals surface area contributed by atoms with E-state index in [0.29, 0.717) is 12.8 Å². The highest BCUT2D eigenvalue weighted by molar-refractivity contribution is 6.07. The average Bonchev–Trinajstić information content (AvgIpc) is 3.09. The number of aromatic hydroxyl groups is 1. The number of phenolic OH excluding ortho intramolecular Hbond substituents is 1. The summed E-state index contributed by atoms with van der Waals surface area (Å²) in [7, 11) is 0. The monoisotopic (exact) mass is 366 g/mol. The summed E-state index contributed by atoms with van der Waals surface area (Å²) < 4.78 is 0. The largest absolute Gasteiger partial charge is 0.508 e. The number of fused-ring (bicyclic) bond motifs is 4. The second-order valence-corrected chi connectivity index (χ2v) is 7.83. The molecule has 0 aromatic heterocycles. The fraction of sp³-hybridized carbons (Fsp3) is 0.400. The van der Waals surface area contributed by atoms with Crippen LogP contribution in [0.25, 0.3) is 0 Å². The molecule has 27 heavy (non-hydrogen) atoms. The van der Waals surface area contributed by atoms with Crippen LogP contribution < -0.4 is 10.6 Å². The van der Waals surface area contributed by atoms with Gasteiger partial charge in [0.15, 0.2) is 0 Å². The van der Waals surface area contributed by atoms with E-state index < -0.39 is 29.6 Å². The summed E-state index contributed by atoms with van der Waals surface area (Å²) in [5.74, 6) is -3.76. The lowest BCUT2D eigenvalue weighted by atomic mass is 9.57. The number of carbonyl (C=O) groups is 4. The van der Waals surface area contributed by atoms with Crippen LogP contribution in [0.5, 0.6) is 5.75 Å². The molecule has 1 saturated carbocycles. The topological polar surface area (TPSA) is 113 Å². The Hall–Kier alpha value is -2.96. The van der Waals surface area contributed by atoms with Gasteiger partial charge < -0.3 is 5.11 Å². The summed E-state index contributed by atoms with van der Waals surface area (Å²) in [5, 5.41) is 14.8. The molecule has 6 unspecified atom stereocenters. The van der Waals surface area contributed by atoms with Crippen LogP contribution in [0.3, 0.4) is 0 Å². The van der Waals surface area contributed by atoms with E-state index in [4.69, 9.17) is 0 Å². The smallest absolute Gasteiger partial charge is 0.231 e. The van der Waals surface area contributed by atoms with Gasteiger partial charge in [-0.1, -0.05) is 23.8 Å². The van der Waals surface area contributed by atoms with E-state index in [9.17, 15) is 24.3 Å². The normalized spacial score (nSPS) is 37.1. The predicted octanol–water partition coefficient (Wildman–Crippen LogP) is 0.603. The molecule has 0 radical (unpaired) electrons. The van der Waals surface area contributed by atoms with Crippen molar-refractivity contribution < 1.29 is 24.3 Å². The molecule has 7 nitrogen and oxygen atoms in total. The summed E-state index contributed by atoms with van der Waals surface area (Å²) in [5.41, 5.74) is 1.67. The summed E-state index contributed by atoms with van der Waals surface area (Å²) >= 11 is 0. The van der Waals surface area contributed by atoms with Crippen molar-refractivity contribution in [3.05, 3.63) is 41.5 Å². The van der Waals surface area contributed by atoms with Gasteiger partial charge in [-0.3, -0.25) is 29.8 Å². The highest BCUT2D eigenvalue weighted by atomic mass is 16.3. The van der Waals surface area contributed by atoms with Crippen LogP contribution in [0.1, 0.15) is 24.3 Å². The molecular weight excluding hydrogens is 348 g/mol. The van der Waals surface area contributed by atoms with Crippen LogP contribution in [0.4, 0.5) is 0 Å². The number of nitrogens with one attached hydrogen (secondary N) is 2. The number of amides is 4. The first kappa shape index (κ1) is 16.2. The Morgan fingerprint density at radius 3 is 2.30 bits per heavy atom. The van der Waals surface area contributed by atoms with Crippen molar-refractivity contribution in [3.63, 3.8) is 0 Å². The van der Waals surface area contributed by atoms with E-state index in [2.05, 4.69) is 10.6 Å². The molecule has 0 bridgehead atoms. The van der Waals surface area contributed by atoms with E-state index in [-0.39, 0.29) is 35.3 Å². The van der Waals surface area contributed by atoms with Gasteiger partial charge in [0.05, 0.1) is 23.7 Å². The summed E-state index contributed by atoms with van der Waals surface area (Å²) in [6, 6.07) is 6.69. The van der Waals surface area contributed by atoms with E-state index in [1.165, 1.54) is 0 Å². The maximum atomic E-state index is 12.6. The summed E-state index contributed by atoms with van der Waals surface area (Å²) in [6.45, 7) is 0. The van der Waals surface area contributed by atoms with Gasteiger partial charge in [0, 0.05) is 5.92 Å². The highest BCUT2D eigenvalue weighted by Crippen LogP contribution is 2.55. The number of hydrogen-bond donors (Lipinski definition) is 3. The minimum Gasteiger partial charge on any atom is -0.508 e. The highest BCUT2D eigenvalue weighted by Gasteiger charge is 2.58. The van der Waals surface area contributed by atoms with Gasteiger partial charge in [-0.15, -0.1) is 0 Å². The predicted molar refractivity (Wildman–Crippen MR) is 91.9 cm³/mol. The van der Waals surface area contributed by atoms with E-state index >= 15 is 0 Å². The minimum atomic E-state index is -0.557. The number of benzene rings is 1. The van der Waals surface area contributed by atoms with Crippen molar-refractivity contribution in [1.29, 1.82) is 0 Å². The van der Waals surface area contributed by atoms with E-state index in [1.54, 1.807) is 18.2 Å². The van der Waals surface area contributed by atoms with Crippen LogP contribution >= 0.6 is 0 Å². The van der Waals surface area contributed by atoms with Crippen molar-refractivity contribution >= 4 is 23.6 Å². The zero-order valence-corrected chi connectivity index (χ0v) is 14.3. The molecule has 3 fully saturated rings. The second kappa shape index (κ2) is 5.52. The van der Waals surface area contributed by atoms with Crippen molar-refractivity contribution in [2.24, 2.45) is 29.6 Å². The van der Waals surface area contributed by atoms with Crippen molar-refractivity contribution in [2.45, 2.75) is 18.8 Å². The van der Waals surface area contributed by atoms with Gasteiger partial charge in [0.2, 0.25) is 23.6 Å². The lowest BCUT2D eigenvalue weighted by Crippen LogP contribution is -2.42.